The molecule has 0 unspecified atom stereocenters. The average molecular weight is 423 g/mol. The Labute approximate surface area is 184 Å². The van der Waals surface area contributed by atoms with Crippen LogP contribution in [0.1, 0.15) is 27.0 Å². The highest BCUT2D eigenvalue weighted by atomic mass is 31.2. The van der Waals surface area contributed by atoms with E-state index in [4.69, 9.17) is 4.74 Å². The van der Waals surface area contributed by atoms with Crippen LogP contribution in [0.4, 0.5) is 0 Å². The predicted octanol–water partition coefficient (Wildman–Crippen LogP) is 5.93. The number of carbonyl (C=O) groups excluding carboxylic acids is 1. The van der Waals surface area contributed by atoms with Crippen LogP contribution in [0.25, 0.3) is 0 Å². The van der Waals surface area contributed by atoms with Gasteiger partial charge >= 0.3 is 0 Å². The van der Waals surface area contributed by atoms with Gasteiger partial charge in [0.25, 0.3) is 5.91 Å². The van der Waals surface area contributed by atoms with Crippen molar-refractivity contribution in [3.63, 3.8) is 0 Å². The van der Waals surface area contributed by atoms with E-state index < -0.39 is 7.05 Å². The molecule has 1 amide bonds. The fourth-order valence-corrected chi connectivity index (χ4v) is 7.05. The Kier molecular flexibility index (Phi) is 6.02. The van der Waals surface area contributed by atoms with Crippen LogP contribution >= 0.6 is 7.05 Å². The van der Waals surface area contributed by atoms with Crippen LogP contribution in [0.3, 0.4) is 0 Å². The molecular weight excluding hydrogens is 397 g/mol. The number of amides is 1. The van der Waals surface area contributed by atoms with E-state index in [0.717, 1.165) is 15.9 Å². The van der Waals surface area contributed by atoms with Crippen LogP contribution in [-0.4, -0.2) is 5.91 Å². The minimum Gasteiger partial charge on any atom is -0.267 e. The van der Waals surface area contributed by atoms with E-state index in [1.54, 1.807) is 0 Å². The molecule has 4 aromatic rings. The van der Waals surface area contributed by atoms with E-state index in [9.17, 15) is 4.79 Å². The van der Waals surface area contributed by atoms with Crippen molar-refractivity contribution < 1.29 is 4.79 Å². The molecule has 0 bridgehead atoms. The van der Waals surface area contributed by atoms with Crippen molar-refractivity contribution in [2.24, 2.45) is 4.74 Å². The van der Waals surface area contributed by atoms with E-state index in [0.29, 0.717) is 5.56 Å². The number of hydrogen-bond acceptors (Lipinski definition) is 1. The molecule has 0 radical (unpaired) electrons. The van der Waals surface area contributed by atoms with Gasteiger partial charge in [-0.1, -0.05) is 108 Å². The second-order valence-corrected chi connectivity index (χ2v) is 10.9. The van der Waals surface area contributed by atoms with Gasteiger partial charge in [-0.15, -0.1) is 0 Å². The third kappa shape index (κ3) is 4.31. The molecule has 154 valence electrons. The highest BCUT2D eigenvalue weighted by Gasteiger charge is 2.29. The quantitative estimate of drug-likeness (QED) is 0.374. The molecule has 2 nitrogen and oxygen atoms in total. The summed E-state index contributed by atoms with van der Waals surface area (Å²) < 4.78 is 5.05. The van der Waals surface area contributed by atoms with Crippen LogP contribution in [0, 0.1) is 20.8 Å². The normalized spacial score (nSPS) is 11.2. The van der Waals surface area contributed by atoms with Crippen molar-refractivity contribution in [1.29, 1.82) is 0 Å². The summed E-state index contributed by atoms with van der Waals surface area (Å²) in [6.45, 7) is 6.23. The maximum absolute atomic E-state index is 13.4. The molecule has 0 atom stereocenters. The van der Waals surface area contributed by atoms with Gasteiger partial charge in [-0.25, -0.2) is 4.74 Å². The molecule has 31 heavy (non-hydrogen) atoms. The molecule has 4 aromatic carbocycles. The van der Waals surface area contributed by atoms with Gasteiger partial charge in [-0.05, 0) is 32.9 Å². The van der Waals surface area contributed by atoms with Crippen molar-refractivity contribution >= 4 is 28.9 Å². The summed E-state index contributed by atoms with van der Waals surface area (Å²) in [5.74, 6) is -0.185. The fraction of sp³-hybridized carbons (Fsp3) is 0.107. The lowest BCUT2D eigenvalue weighted by Crippen LogP contribution is -2.26. The summed E-state index contributed by atoms with van der Waals surface area (Å²) in [6, 6.07) is 34.8. The van der Waals surface area contributed by atoms with E-state index >= 15 is 0 Å². The monoisotopic (exact) mass is 423 g/mol. The zero-order valence-electron chi connectivity index (χ0n) is 18.1. The Morgan fingerprint density at radius 3 is 1.26 bits per heavy atom. The lowest BCUT2D eigenvalue weighted by molar-refractivity contribution is 0.100. The molecular formula is C28H26NOP. The topological polar surface area (TPSA) is 29.4 Å². The summed E-state index contributed by atoms with van der Waals surface area (Å²) in [5, 5.41) is 3.24. The standard InChI is InChI=1S/C28H26NOP/c1-21-9-15-25(16-10-21)31(26-17-11-22(2)12-18-26,27-19-13-23(3)14-20-27)29-28(30)24-7-5-4-6-8-24/h4-20H,1-3H3. The molecule has 0 aliphatic rings. The minimum atomic E-state index is -2.56. The van der Waals surface area contributed by atoms with Crippen molar-refractivity contribution in [3.05, 3.63) is 125 Å². The summed E-state index contributed by atoms with van der Waals surface area (Å²) in [5.41, 5.74) is 4.16. The first-order valence-corrected chi connectivity index (χ1v) is 12.2. The van der Waals surface area contributed by atoms with Gasteiger partial charge < -0.3 is 0 Å². The first-order valence-electron chi connectivity index (χ1n) is 10.4. The second kappa shape index (κ2) is 8.88. The number of hydrogen-bond donors (Lipinski definition) is 0. The zero-order chi connectivity index (χ0) is 21.8. The highest BCUT2D eigenvalue weighted by Crippen LogP contribution is 2.47. The molecule has 0 fully saturated rings. The molecule has 0 N–H and O–H groups in total. The van der Waals surface area contributed by atoms with Crippen molar-refractivity contribution in [2.45, 2.75) is 20.8 Å². The largest absolute Gasteiger partial charge is 0.276 e. The van der Waals surface area contributed by atoms with Crippen LogP contribution in [0.2, 0.25) is 0 Å². The van der Waals surface area contributed by atoms with Gasteiger partial charge in [0.05, 0.1) is 7.05 Å². The van der Waals surface area contributed by atoms with Gasteiger partial charge in [0.2, 0.25) is 0 Å². The molecule has 0 heterocycles. The SMILES string of the molecule is Cc1ccc(P(=NC(=O)c2ccccc2)(c2ccc(C)cc2)c2ccc(C)cc2)cc1. The Balaban J connectivity index is 2.09. The van der Waals surface area contributed by atoms with E-state index in [2.05, 4.69) is 93.6 Å². The summed E-state index contributed by atoms with van der Waals surface area (Å²) in [6.07, 6.45) is 0. The third-order valence-corrected chi connectivity index (χ3v) is 9.10. The summed E-state index contributed by atoms with van der Waals surface area (Å²) in [4.78, 5) is 13.4. The smallest absolute Gasteiger partial charge is 0.267 e. The van der Waals surface area contributed by atoms with Crippen LogP contribution in [0.15, 0.2) is 108 Å². The van der Waals surface area contributed by atoms with Crippen molar-refractivity contribution in [2.75, 3.05) is 0 Å². The molecule has 0 aliphatic heterocycles. The Morgan fingerprint density at radius 1 is 0.548 bits per heavy atom. The Hall–Kier alpha value is -3.22. The van der Waals surface area contributed by atoms with E-state index in [1.165, 1.54) is 16.7 Å². The lowest BCUT2D eigenvalue weighted by Gasteiger charge is -2.27. The van der Waals surface area contributed by atoms with Gasteiger partial charge in [-0.2, -0.15) is 0 Å². The van der Waals surface area contributed by atoms with Crippen LogP contribution < -0.4 is 15.9 Å². The van der Waals surface area contributed by atoms with Gasteiger partial charge in [0.15, 0.2) is 0 Å². The highest BCUT2D eigenvalue weighted by molar-refractivity contribution is 7.87. The fourth-order valence-electron chi connectivity index (χ4n) is 3.68. The molecule has 0 saturated heterocycles. The molecule has 3 heteroatoms. The summed E-state index contributed by atoms with van der Waals surface area (Å²) >= 11 is 0. The van der Waals surface area contributed by atoms with Crippen LogP contribution in [0.5, 0.6) is 0 Å². The lowest BCUT2D eigenvalue weighted by atomic mass is 10.2. The number of aryl methyl sites for hydroxylation is 3. The zero-order valence-corrected chi connectivity index (χ0v) is 19.0. The summed E-state index contributed by atoms with van der Waals surface area (Å²) in [7, 11) is -2.56. The minimum absolute atomic E-state index is 0.185. The van der Waals surface area contributed by atoms with Crippen LogP contribution in [-0.2, 0) is 0 Å². The molecule has 0 aromatic heterocycles. The second-order valence-electron chi connectivity index (χ2n) is 7.91. The molecule has 4 rings (SSSR count). The number of rotatable bonds is 4. The molecule has 0 aliphatic carbocycles. The number of nitrogens with zero attached hydrogens (tertiary/aromatic N) is 1. The van der Waals surface area contributed by atoms with Gasteiger partial charge in [0.1, 0.15) is 0 Å². The van der Waals surface area contributed by atoms with E-state index in [-0.39, 0.29) is 5.91 Å². The third-order valence-electron chi connectivity index (χ3n) is 5.48. The van der Waals surface area contributed by atoms with Gasteiger partial charge in [0, 0.05) is 21.5 Å². The number of carbonyl (C=O) groups is 1. The Morgan fingerprint density at radius 2 is 0.903 bits per heavy atom. The van der Waals surface area contributed by atoms with E-state index in [1.807, 2.05) is 30.3 Å². The Bertz CT molecular complexity index is 1120. The molecule has 0 spiro atoms. The van der Waals surface area contributed by atoms with Crippen molar-refractivity contribution in [3.8, 4) is 0 Å². The van der Waals surface area contributed by atoms with Crippen molar-refractivity contribution in [1.82, 2.24) is 0 Å². The number of benzene rings is 4. The molecule has 0 saturated carbocycles. The maximum Gasteiger partial charge on any atom is 0.276 e. The predicted molar refractivity (Wildman–Crippen MR) is 133 cm³/mol. The first kappa shape index (κ1) is 21.0. The van der Waals surface area contributed by atoms with Gasteiger partial charge in [-0.3, -0.25) is 4.79 Å². The first-order chi connectivity index (χ1) is 15.0. The average Bonchev–Trinajstić information content (AvgIpc) is 2.80. The maximum atomic E-state index is 13.4.